The van der Waals surface area contributed by atoms with E-state index in [9.17, 15) is 9.59 Å². The van der Waals surface area contributed by atoms with Crippen LogP contribution in [0.1, 0.15) is 43.0 Å². The molecule has 1 amide bonds. The van der Waals surface area contributed by atoms with Gasteiger partial charge < -0.3 is 31.2 Å². The molecule has 170 valence electrons. The number of amides is 1. The summed E-state index contributed by atoms with van der Waals surface area (Å²) in [5.41, 5.74) is 6.88. The maximum absolute atomic E-state index is 11.9. The van der Waals surface area contributed by atoms with Crippen LogP contribution in [0.2, 0.25) is 0 Å². The largest absolute Gasteiger partial charge is 0.465 e. The average Bonchev–Trinajstić information content (AvgIpc) is 2.74. The molecular formula is C21H37N5O4. The molecule has 0 spiro atoms. The molecule has 0 radical (unpaired) electrons. The fourth-order valence-corrected chi connectivity index (χ4v) is 2.75. The molecule has 30 heavy (non-hydrogen) atoms. The van der Waals surface area contributed by atoms with Crippen molar-refractivity contribution in [3.8, 4) is 0 Å². The first-order valence-electron chi connectivity index (χ1n) is 10.6. The SMILES string of the molecule is CCOC(=O)Nc1cc(NCCCNCCCCNCCCN)ccc1C(=O)OC. The molecule has 0 saturated carbocycles. The molecule has 0 atom stereocenters. The van der Waals surface area contributed by atoms with Gasteiger partial charge in [-0.2, -0.15) is 0 Å². The Morgan fingerprint density at radius 2 is 1.63 bits per heavy atom. The van der Waals surface area contributed by atoms with Crippen molar-refractivity contribution in [1.29, 1.82) is 0 Å². The minimum absolute atomic E-state index is 0.245. The van der Waals surface area contributed by atoms with Crippen molar-refractivity contribution in [3.05, 3.63) is 23.8 Å². The number of carbonyl (C=O) groups excluding carboxylic acids is 2. The van der Waals surface area contributed by atoms with E-state index in [1.165, 1.54) is 7.11 Å². The minimum Gasteiger partial charge on any atom is -0.465 e. The van der Waals surface area contributed by atoms with Crippen molar-refractivity contribution in [2.75, 3.05) is 63.6 Å². The van der Waals surface area contributed by atoms with Gasteiger partial charge in [-0.05, 0) is 83.5 Å². The summed E-state index contributed by atoms with van der Waals surface area (Å²) in [6.45, 7) is 7.41. The van der Waals surface area contributed by atoms with Crippen LogP contribution in [0.15, 0.2) is 18.2 Å². The lowest BCUT2D eigenvalue weighted by Gasteiger charge is -2.13. The molecule has 0 unspecified atom stereocenters. The summed E-state index contributed by atoms with van der Waals surface area (Å²) in [5, 5.41) is 12.7. The van der Waals surface area contributed by atoms with Gasteiger partial charge in [0.15, 0.2) is 0 Å². The van der Waals surface area contributed by atoms with Crippen LogP contribution in [0, 0.1) is 0 Å². The van der Waals surface area contributed by atoms with E-state index in [1.807, 2.05) is 0 Å². The maximum Gasteiger partial charge on any atom is 0.411 e. The molecule has 0 fully saturated rings. The van der Waals surface area contributed by atoms with Crippen molar-refractivity contribution in [3.63, 3.8) is 0 Å². The molecule has 0 aliphatic carbocycles. The van der Waals surface area contributed by atoms with Crippen LogP contribution >= 0.6 is 0 Å². The Hall–Kier alpha value is -2.36. The number of carbonyl (C=O) groups is 2. The van der Waals surface area contributed by atoms with Crippen LogP contribution in [-0.2, 0) is 9.47 Å². The second kappa shape index (κ2) is 16.4. The fraction of sp³-hybridized carbons (Fsp3) is 0.619. The van der Waals surface area contributed by atoms with Crippen molar-refractivity contribution in [2.45, 2.75) is 32.6 Å². The Labute approximate surface area is 179 Å². The molecule has 9 nitrogen and oxygen atoms in total. The first-order valence-corrected chi connectivity index (χ1v) is 10.6. The van der Waals surface area contributed by atoms with Gasteiger partial charge in [-0.25, -0.2) is 9.59 Å². The molecule has 1 rings (SSSR count). The van der Waals surface area contributed by atoms with E-state index in [1.54, 1.807) is 25.1 Å². The monoisotopic (exact) mass is 423 g/mol. The zero-order valence-corrected chi connectivity index (χ0v) is 18.2. The molecule has 1 aromatic rings. The quantitative estimate of drug-likeness (QED) is 0.202. The number of nitrogens with one attached hydrogen (secondary N) is 4. The average molecular weight is 424 g/mol. The zero-order valence-electron chi connectivity index (χ0n) is 18.2. The van der Waals surface area contributed by atoms with Crippen molar-refractivity contribution >= 4 is 23.4 Å². The van der Waals surface area contributed by atoms with Gasteiger partial charge >= 0.3 is 12.1 Å². The van der Waals surface area contributed by atoms with Gasteiger partial charge in [0.25, 0.3) is 0 Å². The van der Waals surface area contributed by atoms with E-state index in [-0.39, 0.29) is 12.2 Å². The highest BCUT2D eigenvalue weighted by Gasteiger charge is 2.15. The molecule has 0 aliphatic heterocycles. The van der Waals surface area contributed by atoms with Crippen LogP contribution in [0.3, 0.4) is 0 Å². The number of ether oxygens (including phenoxy) is 2. The lowest BCUT2D eigenvalue weighted by Crippen LogP contribution is -2.22. The predicted octanol–water partition coefficient (Wildman–Crippen LogP) is 2.15. The number of unbranched alkanes of at least 4 members (excludes halogenated alkanes) is 1. The third kappa shape index (κ3) is 11.0. The van der Waals surface area contributed by atoms with Crippen LogP contribution < -0.4 is 27.0 Å². The molecule has 0 aliphatic rings. The third-order valence-electron chi connectivity index (χ3n) is 4.31. The highest BCUT2D eigenvalue weighted by atomic mass is 16.5. The van der Waals surface area contributed by atoms with Gasteiger partial charge in [0.2, 0.25) is 0 Å². The van der Waals surface area contributed by atoms with Gasteiger partial charge in [0.1, 0.15) is 0 Å². The van der Waals surface area contributed by atoms with E-state index in [0.717, 1.165) is 70.6 Å². The number of rotatable bonds is 16. The Morgan fingerprint density at radius 3 is 2.27 bits per heavy atom. The lowest BCUT2D eigenvalue weighted by atomic mass is 10.1. The summed E-state index contributed by atoms with van der Waals surface area (Å²) in [6, 6.07) is 5.11. The smallest absolute Gasteiger partial charge is 0.411 e. The molecular weight excluding hydrogens is 386 g/mol. The number of esters is 1. The van der Waals surface area contributed by atoms with Gasteiger partial charge in [0.05, 0.1) is 25.0 Å². The molecule has 0 saturated heterocycles. The molecule has 1 aromatic carbocycles. The van der Waals surface area contributed by atoms with Crippen molar-refractivity contribution < 1.29 is 19.1 Å². The summed E-state index contributed by atoms with van der Waals surface area (Å²) in [7, 11) is 1.30. The molecule has 0 heterocycles. The topological polar surface area (TPSA) is 127 Å². The summed E-state index contributed by atoms with van der Waals surface area (Å²) >= 11 is 0. The van der Waals surface area contributed by atoms with Crippen LogP contribution in [0.25, 0.3) is 0 Å². The first-order chi connectivity index (χ1) is 14.6. The number of benzene rings is 1. The van der Waals surface area contributed by atoms with Crippen molar-refractivity contribution in [2.24, 2.45) is 5.73 Å². The second-order valence-electron chi connectivity index (χ2n) is 6.73. The van der Waals surface area contributed by atoms with Crippen LogP contribution in [0.5, 0.6) is 0 Å². The van der Waals surface area contributed by atoms with E-state index in [0.29, 0.717) is 5.69 Å². The second-order valence-corrected chi connectivity index (χ2v) is 6.73. The minimum atomic E-state index is -0.612. The molecule has 6 N–H and O–H groups in total. The number of methoxy groups -OCH3 is 1. The highest BCUT2D eigenvalue weighted by molar-refractivity contribution is 6.00. The van der Waals surface area contributed by atoms with Gasteiger partial charge in [-0.3, -0.25) is 5.32 Å². The zero-order chi connectivity index (χ0) is 22.0. The standard InChI is InChI=1S/C21H37N5O4/c1-3-30-21(28)26-19-16-17(8-9-18(19)20(27)29-2)25-15-7-14-24-12-5-4-11-23-13-6-10-22/h8-9,16,23-25H,3-7,10-15,22H2,1-2H3,(H,26,28). The summed E-state index contributed by atoms with van der Waals surface area (Å²) in [5.74, 6) is -0.521. The van der Waals surface area contributed by atoms with E-state index in [2.05, 4.69) is 21.3 Å². The van der Waals surface area contributed by atoms with E-state index >= 15 is 0 Å². The maximum atomic E-state index is 11.9. The Morgan fingerprint density at radius 1 is 0.967 bits per heavy atom. The molecule has 0 aromatic heterocycles. The highest BCUT2D eigenvalue weighted by Crippen LogP contribution is 2.22. The number of hydrogen-bond donors (Lipinski definition) is 5. The normalized spacial score (nSPS) is 10.5. The Kier molecular flexibility index (Phi) is 14.1. The van der Waals surface area contributed by atoms with Gasteiger partial charge in [-0.1, -0.05) is 0 Å². The van der Waals surface area contributed by atoms with Crippen LogP contribution in [0.4, 0.5) is 16.2 Å². The van der Waals surface area contributed by atoms with E-state index < -0.39 is 12.1 Å². The Balaban J connectivity index is 2.31. The fourth-order valence-electron chi connectivity index (χ4n) is 2.75. The third-order valence-corrected chi connectivity index (χ3v) is 4.31. The number of nitrogens with two attached hydrogens (primary N) is 1. The van der Waals surface area contributed by atoms with E-state index in [4.69, 9.17) is 15.2 Å². The summed E-state index contributed by atoms with van der Waals surface area (Å²) in [4.78, 5) is 23.6. The summed E-state index contributed by atoms with van der Waals surface area (Å²) in [6.07, 6.45) is 3.66. The van der Waals surface area contributed by atoms with Gasteiger partial charge in [0, 0.05) is 12.2 Å². The number of hydrogen-bond acceptors (Lipinski definition) is 8. The Bertz CT molecular complexity index is 627. The van der Waals surface area contributed by atoms with Gasteiger partial charge in [-0.15, -0.1) is 0 Å². The summed E-state index contributed by atoms with van der Waals surface area (Å²) < 4.78 is 9.66. The number of anilines is 2. The lowest BCUT2D eigenvalue weighted by molar-refractivity contribution is 0.0602. The van der Waals surface area contributed by atoms with Crippen molar-refractivity contribution in [1.82, 2.24) is 10.6 Å². The first kappa shape index (κ1) is 25.7. The van der Waals surface area contributed by atoms with Crippen LogP contribution in [-0.4, -0.2) is 65.0 Å². The molecule has 9 heteroatoms. The molecule has 0 bridgehead atoms. The predicted molar refractivity (Wildman–Crippen MR) is 120 cm³/mol.